The first-order valence-electron chi connectivity index (χ1n) is 7.23. The topological polar surface area (TPSA) is 73.6 Å². The highest BCUT2D eigenvalue weighted by Crippen LogP contribution is 2.28. The third-order valence-electron chi connectivity index (χ3n) is 3.81. The number of para-hydroxylation sites is 2. The second-order valence-corrected chi connectivity index (χ2v) is 5.29. The van der Waals surface area contributed by atoms with Crippen LogP contribution in [0.2, 0.25) is 0 Å². The third kappa shape index (κ3) is 2.14. The number of carbonyl (C=O) groups is 2. The minimum Gasteiger partial charge on any atom is -0.463 e. The summed E-state index contributed by atoms with van der Waals surface area (Å²) in [6.45, 7) is 0. The van der Waals surface area contributed by atoms with Crippen LogP contribution in [-0.4, -0.2) is 11.8 Å². The van der Waals surface area contributed by atoms with E-state index in [0.29, 0.717) is 11.0 Å². The molecule has 1 aliphatic rings. The van der Waals surface area contributed by atoms with Crippen molar-refractivity contribution in [2.45, 2.75) is 0 Å². The highest BCUT2D eigenvalue weighted by Gasteiger charge is 2.30. The van der Waals surface area contributed by atoms with E-state index in [1.165, 1.54) is 12.3 Å². The molecular formula is C19H10O5. The van der Waals surface area contributed by atoms with Crippen LogP contribution in [0.15, 0.2) is 69.6 Å². The molecule has 0 spiro atoms. The third-order valence-corrected chi connectivity index (χ3v) is 3.81. The minimum atomic E-state index is -0.786. The van der Waals surface area contributed by atoms with Gasteiger partial charge in [0.25, 0.3) is 0 Å². The Bertz CT molecular complexity index is 1090. The first-order chi connectivity index (χ1) is 11.6. The Kier molecular flexibility index (Phi) is 3.13. The van der Waals surface area contributed by atoms with Gasteiger partial charge in [0.05, 0.1) is 16.5 Å². The molecule has 0 unspecified atom stereocenters. The lowest BCUT2D eigenvalue weighted by Crippen LogP contribution is -2.25. The smallest absolute Gasteiger partial charge is 0.347 e. The maximum Gasteiger partial charge on any atom is 0.347 e. The first-order valence-corrected chi connectivity index (χ1v) is 7.23. The molecule has 0 bridgehead atoms. The summed E-state index contributed by atoms with van der Waals surface area (Å²) in [7, 11) is 0. The highest BCUT2D eigenvalue weighted by molar-refractivity contribution is 6.30. The maximum atomic E-state index is 12.5. The molecule has 116 valence electrons. The van der Waals surface area contributed by atoms with Crippen LogP contribution in [0.3, 0.4) is 0 Å². The highest BCUT2D eigenvalue weighted by atomic mass is 16.5. The SMILES string of the molecule is O=C1Oc2ccccc2C(=O)/C1=C/c1coc2ccccc2c1=O. The zero-order valence-electron chi connectivity index (χ0n) is 12.3. The summed E-state index contributed by atoms with van der Waals surface area (Å²) in [5, 5.41) is 0.379. The standard InChI is InChI=1S/C19H10O5/c20-17-11(10-23-15-7-3-1-5-12(15)17)9-14-18(21)13-6-2-4-8-16(13)24-19(14)22/h1-10H/b14-9-. The molecule has 0 amide bonds. The monoisotopic (exact) mass is 318 g/mol. The fourth-order valence-corrected chi connectivity index (χ4v) is 2.61. The number of carbonyl (C=O) groups excluding carboxylic acids is 2. The van der Waals surface area contributed by atoms with E-state index in [1.54, 1.807) is 48.5 Å². The molecule has 24 heavy (non-hydrogen) atoms. The van der Waals surface area contributed by atoms with Crippen LogP contribution >= 0.6 is 0 Å². The van der Waals surface area contributed by atoms with Crippen molar-refractivity contribution in [3.05, 3.63) is 81.7 Å². The molecule has 3 aromatic rings. The van der Waals surface area contributed by atoms with E-state index >= 15 is 0 Å². The number of rotatable bonds is 1. The lowest BCUT2D eigenvalue weighted by atomic mass is 9.98. The summed E-state index contributed by atoms with van der Waals surface area (Å²) in [6, 6.07) is 13.2. The fraction of sp³-hybridized carbons (Fsp3) is 0. The van der Waals surface area contributed by atoms with Gasteiger partial charge in [-0.3, -0.25) is 9.59 Å². The van der Waals surface area contributed by atoms with Crippen LogP contribution in [0, 0.1) is 0 Å². The van der Waals surface area contributed by atoms with Crippen LogP contribution in [0.1, 0.15) is 15.9 Å². The van der Waals surface area contributed by atoms with Gasteiger partial charge in [-0.1, -0.05) is 24.3 Å². The Labute approximate surface area is 135 Å². The maximum absolute atomic E-state index is 12.5. The van der Waals surface area contributed by atoms with Crippen molar-refractivity contribution in [2.24, 2.45) is 0 Å². The van der Waals surface area contributed by atoms with Gasteiger partial charge in [-0.2, -0.15) is 0 Å². The van der Waals surface area contributed by atoms with Crippen LogP contribution < -0.4 is 10.2 Å². The van der Waals surface area contributed by atoms with Crippen molar-refractivity contribution >= 4 is 28.8 Å². The van der Waals surface area contributed by atoms with Gasteiger partial charge in [-0.15, -0.1) is 0 Å². The molecule has 0 saturated carbocycles. The molecule has 0 saturated heterocycles. The minimum absolute atomic E-state index is 0.119. The van der Waals surface area contributed by atoms with Crippen molar-refractivity contribution < 1.29 is 18.7 Å². The predicted molar refractivity (Wildman–Crippen MR) is 86.9 cm³/mol. The van der Waals surface area contributed by atoms with Gasteiger partial charge in [0.1, 0.15) is 23.2 Å². The number of hydrogen-bond donors (Lipinski definition) is 0. The van der Waals surface area contributed by atoms with E-state index in [4.69, 9.17) is 9.15 Å². The quantitative estimate of drug-likeness (QED) is 0.298. The van der Waals surface area contributed by atoms with Gasteiger partial charge >= 0.3 is 5.97 Å². The van der Waals surface area contributed by atoms with Gasteiger partial charge in [-0.25, -0.2) is 4.79 Å². The Morgan fingerprint density at radius 2 is 1.62 bits per heavy atom. The zero-order valence-corrected chi connectivity index (χ0v) is 12.3. The number of Topliss-reactive ketones (excluding diaryl/α,β-unsaturated/α-hetero) is 1. The number of fused-ring (bicyclic) bond motifs is 2. The Hall–Kier alpha value is -3.47. The molecule has 5 heteroatoms. The van der Waals surface area contributed by atoms with Crippen molar-refractivity contribution in [2.75, 3.05) is 0 Å². The summed E-state index contributed by atoms with van der Waals surface area (Å²) in [4.78, 5) is 37.1. The van der Waals surface area contributed by atoms with E-state index in [1.807, 2.05) is 0 Å². The van der Waals surface area contributed by atoms with Crippen LogP contribution in [0.25, 0.3) is 17.0 Å². The lowest BCUT2D eigenvalue weighted by molar-refractivity contribution is -0.130. The number of ketones is 1. The molecule has 0 aliphatic carbocycles. The number of hydrogen-bond acceptors (Lipinski definition) is 5. The Balaban J connectivity index is 1.87. The summed E-state index contributed by atoms with van der Waals surface area (Å²) in [6.07, 6.45) is 2.46. The van der Waals surface area contributed by atoms with Gasteiger partial charge in [0.15, 0.2) is 5.43 Å². The Morgan fingerprint density at radius 3 is 2.50 bits per heavy atom. The van der Waals surface area contributed by atoms with Crippen molar-refractivity contribution in [3.63, 3.8) is 0 Å². The summed E-state index contributed by atoms with van der Waals surface area (Å²) in [5.41, 5.74) is 0.328. The molecule has 0 atom stereocenters. The van der Waals surface area contributed by atoms with E-state index in [-0.39, 0.29) is 27.9 Å². The molecule has 0 fully saturated rings. The summed E-state index contributed by atoms with van der Waals surface area (Å²) in [5.74, 6) is -1.05. The molecule has 2 heterocycles. The number of ether oxygens (including phenoxy) is 1. The molecule has 1 aromatic heterocycles. The largest absolute Gasteiger partial charge is 0.463 e. The summed E-state index contributed by atoms with van der Waals surface area (Å²) >= 11 is 0. The van der Waals surface area contributed by atoms with Crippen LogP contribution in [0.5, 0.6) is 5.75 Å². The average molecular weight is 318 g/mol. The van der Waals surface area contributed by atoms with Gasteiger partial charge in [-0.05, 0) is 30.3 Å². The molecule has 0 N–H and O–H groups in total. The van der Waals surface area contributed by atoms with Crippen LogP contribution in [0.4, 0.5) is 0 Å². The van der Waals surface area contributed by atoms with Gasteiger partial charge in [0, 0.05) is 0 Å². The molecule has 1 aliphatic heterocycles. The summed E-state index contributed by atoms with van der Waals surface area (Å²) < 4.78 is 10.6. The molecule has 5 nitrogen and oxygen atoms in total. The Morgan fingerprint density at radius 1 is 0.875 bits per heavy atom. The van der Waals surface area contributed by atoms with Crippen molar-refractivity contribution in [1.82, 2.24) is 0 Å². The van der Waals surface area contributed by atoms with E-state index in [9.17, 15) is 14.4 Å². The lowest BCUT2D eigenvalue weighted by Gasteiger charge is -2.16. The molecule has 2 aromatic carbocycles. The fourth-order valence-electron chi connectivity index (χ4n) is 2.61. The average Bonchev–Trinajstić information content (AvgIpc) is 2.60. The first kappa shape index (κ1) is 14.1. The second kappa shape index (κ2) is 5.31. The molecule has 0 radical (unpaired) electrons. The van der Waals surface area contributed by atoms with E-state index < -0.39 is 11.8 Å². The van der Waals surface area contributed by atoms with Gasteiger partial charge < -0.3 is 9.15 Å². The number of benzene rings is 2. The van der Waals surface area contributed by atoms with Crippen LogP contribution in [-0.2, 0) is 4.79 Å². The normalized spacial score (nSPS) is 15.4. The molecular weight excluding hydrogens is 308 g/mol. The van der Waals surface area contributed by atoms with Crippen molar-refractivity contribution in [1.29, 1.82) is 0 Å². The van der Waals surface area contributed by atoms with E-state index in [2.05, 4.69) is 0 Å². The predicted octanol–water partition coefficient (Wildman–Crippen LogP) is 2.98. The number of esters is 1. The second-order valence-electron chi connectivity index (χ2n) is 5.29. The zero-order chi connectivity index (χ0) is 16.7. The van der Waals surface area contributed by atoms with Gasteiger partial charge in [0.2, 0.25) is 5.78 Å². The van der Waals surface area contributed by atoms with E-state index in [0.717, 1.165) is 0 Å². The van der Waals surface area contributed by atoms with Crippen molar-refractivity contribution in [3.8, 4) is 5.75 Å². The molecule has 4 rings (SSSR count).